The van der Waals surface area contributed by atoms with Gasteiger partial charge in [0.1, 0.15) is 5.52 Å². The Hall–Kier alpha value is -3.13. The lowest BCUT2D eigenvalue weighted by Gasteiger charge is -2.07. The first-order chi connectivity index (χ1) is 12.3. The minimum Gasteiger partial charge on any atom is -0.349 e. The molecule has 0 radical (unpaired) electrons. The number of benzene rings is 2. The van der Waals surface area contributed by atoms with Crippen molar-refractivity contribution in [1.82, 2.24) is 9.97 Å². The van der Waals surface area contributed by atoms with Gasteiger partial charge in [-0.3, -0.25) is 14.9 Å². The predicted molar refractivity (Wildman–Crippen MR) is 101 cm³/mol. The molecule has 1 aromatic heterocycles. The van der Waals surface area contributed by atoms with Gasteiger partial charge in [-0.1, -0.05) is 17.7 Å². The van der Waals surface area contributed by atoms with Crippen LogP contribution < -0.4 is 10.2 Å². The maximum absolute atomic E-state index is 12.7. The second-order valence-electron chi connectivity index (χ2n) is 6.02. The number of hydrogen-bond acceptors (Lipinski definition) is 5. The van der Waals surface area contributed by atoms with Gasteiger partial charge in [0, 0.05) is 36.9 Å². The minimum absolute atomic E-state index is 0.107. The smallest absolute Gasteiger partial charge is 0.272 e. The van der Waals surface area contributed by atoms with E-state index in [-0.39, 0.29) is 11.3 Å². The van der Waals surface area contributed by atoms with Crippen molar-refractivity contribution in [2.45, 2.75) is 6.92 Å². The molecule has 1 heterocycles. The highest BCUT2D eigenvalue weighted by Gasteiger charge is 2.20. The van der Waals surface area contributed by atoms with Crippen molar-refractivity contribution >= 4 is 45.9 Å². The largest absolute Gasteiger partial charge is 0.349 e. The molecule has 3 rings (SSSR count). The molecule has 0 spiro atoms. The maximum Gasteiger partial charge on any atom is 0.272 e. The molecule has 9 heteroatoms. The number of nitrogens with one attached hydrogen (secondary N) is 2. The fourth-order valence-corrected chi connectivity index (χ4v) is 2.63. The molecule has 0 bridgehead atoms. The van der Waals surface area contributed by atoms with Crippen LogP contribution >= 0.6 is 11.6 Å². The maximum atomic E-state index is 12.7. The first-order valence-corrected chi connectivity index (χ1v) is 8.07. The third-order valence-corrected chi connectivity index (χ3v) is 4.27. The first-order valence-electron chi connectivity index (χ1n) is 7.69. The van der Waals surface area contributed by atoms with E-state index in [0.717, 1.165) is 5.56 Å². The number of non-ortho nitro benzene ring substituents is 1. The van der Waals surface area contributed by atoms with E-state index in [1.54, 1.807) is 37.2 Å². The van der Waals surface area contributed by atoms with Crippen LogP contribution in [0.1, 0.15) is 15.9 Å². The molecule has 8 nitrogen and oxygen atoms in total. The Balaban J connectivity index is 2.07. The van der Waals surface area contributed by atoms with Crippen LogP contribution in [0.15, 0.2) is 30.3 Å². The van der Waals surface area contributed by atoms with E-state index in [0.29, 0.717) is 27.7 Å². The van der Waals surface area contributed by atoms with Gasteiger partial charge < -0.3 is 15.2 Å². The summed E-state index contributed by atoms with van der Waals surface area (Å²) < 4.78 is 0. The van der Waals surface area contributed by atoms with E-state index >= 15 is 0 Å². The van der Waals surface area contributed by atoms with Crippen LogP contribution in [-0.4, -0.2) is 34.9 Å². The quantitative estimate of drug-likeness (QED) is 0.535. The first kappa shape index (κ1) is 17.7. The van der Waals surface area contributed by atoms with E-state index in [2.05, 4.69) is 15.3 Å². The lowest BCUT2D eigenvalue weighted by atomic mass is 10.1. The molecule has 0 saturated heterocycles. The van der Waals surface area contributed by atoms with Crippen molar-refractivity contribution in [3.05, 3.63) is 56.6 Å². The lowest BCUT2D eigenvalue weighted by molar-refractivity contribution is -0.384. The summed E-state index contributed by atoms with van der Waals surface area (Å²) >= 11 is 6.08. The molecular formula is C17H16ClN5O3. The summed E-state index contributed by atoms with van der Waals surface area (Å²) in [6.07, 6.45) is 0. The summed E-state index contributed by atoms with van der Waals surface area (Å²) in [5.74, 6) is -0.0108. The number of nitrogens with zero attached hydrogens (tertiary/aromatic N) is 3. The van der Waals surface area contributed by atoms with Crippen molar-refractivity contribution in [2.75, 3.05) is 24.3 Å². The summed E-state index contributed by atoms with van der Waals surface area (Å²) in [4.78, 5) is 32.5. The van der Waals surface area contributed by atoms with Crippen LogP contribution in [0.3, 0.4) is 0 Å². The van der Waals surface area contributed by atoms with Crippen molar-refractivity contribution in [2.24, 2.45) is 0 Å². The molecule has 0 fully saturated rings. The monoisotopic (exact) mass is 373 g/mol. The molecule has 0 aliphatic heterocycles. The van der Waals surface area contributed by atoms with Crippen molar-refractivity contribution in [3.8, 4) is 0 Å². The lowest BCUT2D eigenvalue weighted by Crippen LogP contribution is -2.13. The standard InChI is InChI=1S/C17H16ClN5O3/c1-9-4-5-10(6-13(9)18)19-16(24)12-7-11(23(25)26)8-14-15(12)21-17(20-14)22(2)3/h4-8H,1-3H3,(H,19,24)(H,20,21). The average Bonchev–Trinajstić information content (AvgIpc) is 3.01. The Kier molecular flexibility index (Phi) is 4.52. The Morgan fingerprint density at radius 1 is 1.31 bits per heavy atom. The number of nitro groups is 1. The van der Waals surface area contributed by atoms with Crippen molar-refractivity contribution in [1.29, 1.82) is 0 Å². The number of carbonyl (C=O) groups is 1. The van der Waals surface area contributed by atoms with Gasteiger partial charge in [-0.15, -0.1) is 0 Å². The molecule has 26 heavy (non-hydrogen) atoms. The van der Waals surface area contributed by atoms with Crippen LogP contribution in [0.4, 0.5) is 17.3 Å². The highest BCUT2D eigenvalue weighted by atomic mass is 35.5. The van der Waals surface area contributed by atoms with Gasteiger partial charge in [-0.2, -0.15) is 0 Å². The number of anilines is 2. The van der Waals surface area contributed by atoms with Gasteiger partial charge in [0.25, 0.3) is 11.6 Å². The number of carbonyl (C=O) groups excluding carboxylic acids is 1. The summed E-state index contributed by atoms with van der Waals surface area (Å²) in [6.45, 7) is 1.85. The fourth-order valence-electron chi connectivity index (χ4n) is 2.45. The average molecular weight is 374 g/mol. The van der Waals surface area contributed by atoms with E-state index in [1.165, 1.54) is 12.1 Å². The summed E-state index contributed by atoms with van der Waals surface area (Å²) in [5, 5.41) is 14.4. The minimum atomic E-state index is -0.546. The highest BCUT2D eigenvalue weighted by molar-refractivity contribution is 6.31. The van der Waals surface area contributed by atoms with Crippen LogP contribution in [0.5, 0.6) is 0 Å². The van der Waals surface area contributed by atoms with Gasteiger partial charge in [0.15, 0.2) is 0 Å². The molecular weight excluding hydrogens is 358 g/mol. The molecule has 3 aromatic rings. The molecule has 134 valence electrons. The summed E-state index contributed by atoms with van der Waals surface area (Å²) in [5.41, 5.74) is 2.05. The van der Waals surface area contributed by atoms with Crippen LogP contribution in [0.25, 0.3) is 11.0 Å². The topological polar surface area (TPSA) is 104 Å². The number of nitro benzene ring substituents is 1. The third kappa shape index (κ3) is 3.31. The molecule has 2 aromatic carbocycles. The van der Waals surface area contributed by atoms with E-state index in [1.807, 2.05) is 6.92 Å². The SMILES string of the molecule is Cc1ccc(NC(=O)c2cc([N+](=O)[O-])cc3[nH]c(N(C)C)nc23)cc1Cl. The molecule has 0 atom stereocenters. The molecule has 0 saturated carbocycles. The molecule has 1 amide bonds. The number of hydrogen-bond donors (Lipinski definition) is 2. The van der Waals surface area contributed by atoms with E-state index in [4.69, 9.17) is 11.6 Å². The molecule has 2 N–H and O–H groups in total. The number of imidazole rings is 1. The van der Waals surface area contributed by atoms with Crippen molar-refractivity contribution in [3.63, 3.8) is 0 Å². The third-order valence-electron chi connectivity index (χ3n) is 3.87. The van der Waals surface area contributed by atoms with Gasteiger partial charge in [0.2, 0.25) is 5.95 Å². The second kappa shape index (κ2) is 6.64. The normalized spacial score (nSPS) is 10.8. The molecule has 0 unspecified atom stereocenters. The van der Waals surface area contributed by atoms with Gasteiger partial charge >= 0.3 is 0 Å². The number of rotatable bonds is 4. The number of amides is 1. The van der Waals surface area contributed by atoms with Gasteiger partial charge in [0.05, 0.1) is 16.0 Å². The Labute approximate surface area is 153 Å². The van der Waals surface area contributed by atoms with E-state index in [9.17, 15) is 14.9 Å². The number of halogens is 1. The Morgan fingerprint density at radius 3 is 2.65 bits per heavy atom. The van der Waals surface area contributed by atoms with Crippen LogP contribution in [0.2, 0.25) is 5.02 Å². The zero-order valence-electron chi connectivity index (χ0n) is 14.3. The summed E-state index contributed by atoms with van der Waals surface area (Å²) in [6, 6.07) is 7.69. The number of aromatic amines is 1. The number of H-pyrrole nitrogens is 1. The van der Waals surface area contributed by atoms with Crippen LogP contribution in [-0.2, 0) is 0 Å². The zero-order valence-corrected chi connectivity index (χ0v) is 15.1. The fraction of sp³-hybridized carbons (Fsp3) is 0.176. The number of aromatic nitrogens is 2. The zero-order chi connectivity index (χ0) is 19.0. The van der Waals surface area contributed by atoms with Gasteiger partial charge in [-0.25, -0.2) is 4.98 Å². The van der Waals surface area contributed by atoms with E-state index < -0.39 is 10.8 Å². The molecule has 0 aliphatic carbocycles. The Bertz CT molecular complexity index is 1030. The van der Waals surface area contributed by atoms with Crippen molar-refractivity contribution < 1.29 is 9.72 Å². The number of fused-ring (bicyclic) bond motifs is 1. The van der Waals surface area contributed by atoms with Crippen LogP contribution in [0, 0.1) is 17.0 Å². The highest BCUT2D eigenvalue weighted by Crippen LogP contribution is 2.27. The molecule has 0 aliphatic rings. The Morgan fingerprint density at radius 2 is 2.04 bits per heavy atom. The predicted octanol–water partition coefficient (Wildman–Crippen LogP) is 3.75. The second-order valence-corrected chi connectivity index (χ2v) is 6.43. The van der Waals surface area contributed by atoms with Gasteiger partial charge in [-0.05, 0) is 24.6 Å². The number of aryl methyl sites for hydroxylation is 1. The summed E-state index contributed by atoms with van der Waals surface area (Å²) in [7, 11) is 3.56.